The molecule has 31 heteroatoms. The smallest absolute Gasteiger partial charge is 0.306 e. The highest BCUT2D eigenvalue weighted by atomic mass is 16.6. The number of Topliss-reactive ketones (excluding diaryl/α,β-unsaturated/α-hetero) is 2. The fraction of sp³-hybridized carbons (Fsp3) is 0.589. The standard InChI is InChI=1S/C31H42N6O11.C17H32N4O5.C8H9NO4/c1-19(38)7-5-15-32-29(46)27(34-20(39)13-17-36-22(41)9-10-23(36)42)28(30(47)33-16-6-8-26(45)48-31(2,3)4)35-21(40)14-18-37-24(43)11-12-25(37)44;1-11(22)7-5-9-20-15(24)13(18)14(19)16(25)21-10-6-8-12(23)26-17(2,3)4;10-6-3-4-7(11)9(6)5-1-2-8(12)13/h9-12,27-28H,5-8,13-18H2,1-4H3,(H,32,46)(H,33,47)(H,34,39)(H,35,40);13-14H,5-10,18-19H2,1-4H3,(H,20,24)(H,21,25);3-4H,1-2,5H2,(H,12,13)/t27-,28+;13-,14+;/m11./s1. The van der Waals surface area contributed by atoms with Crippen molar-refractivity contribution in [2.24, 2.45) is 11.5 Å². The summed E-state index contributed by atoms with van der Waals surface area (Å²) in [6, 6.07) is -5.87. The minimum Gasteiger partial charge on any atom is -0.481 e. The average Bonchev–Trinajstić information content (AvgIpc) is 4.14. The van der Waals surface area contributed by atoms with Crippen molar-refractivity contribution in [2.45, 2.75) is 168 Å². The van der Waals surface area contributed by atoms with Gasteiger partial charge in [0.05, 0.1) is 0 Å². The number of nitrogens with zero attached hydrogens (tertiary/aromatic N) is 3. The molecule has 0 radical (unpaired) electrons. The molecule has 3 aliphatic heterocycles. The Morgan fingerprint density at radius 2 is 0.701 bits per heavy atom. The van der Waals surface area contributed by atoms with Gasteiger partial charge >= 0.3 is 17.9 Å². The van der Waals surface area contributed by atoms with Crippen LogP contribution < -0.4 is 43.4 Å². The van der Waals surface area contributed by atoms with Crippen molar-refractivity contribution < 1.29 is 96.1 Å². The van der Waals surface area contributed by atoms with Gasteiger partial charge in [-0.3, -0.25) is 86.6 Å². The summed E-state index contributed by atoms with van der Waals surface area (Å²) in [5.74, 6) is -9.76. The van der Waals surface area contributed by atoms with E-state index < -0.39 is 119 Å². The summed E-state index contributed by atoms with van der Waals surface area (Å²) >= 11 is 0. The van der Waals surface area contributed by atoms with Crippen molar-refractivity contribution in [3.8, 4) is 0 Å². The first-order valence-electron chi connectivity index (χ1n) is 28.0. The van der Waals surface area contributed by atoms with Gasteiger partial charge in [0.25, 0.3) is 35.4 Å². The Labute approximate surface area is 503 Å². The normalized spacial score (nSPS) is 14.8. The molecule has 0 saturated carbocycles. The summed E-state index contributed by atoms with van der Waals surface area (Å²) in [6.45, 7) is 13.2. The van der Waals surface area contributed by atoms with E-state index >= 15 is 0 Å². The number of hydrogen-bond donors (Lipinski definition) is 9. The summed E-state index contributed by atoms with van der Waals surface area (Å²) in [5.41, 5.74) is 10.1. The maximum absolute atomic E-state index is 13.5. The van der Waals surface area contributed by atoms with Crippen LogP contribution in [0.25, 0.3) is 0 Å². The first kappa shape index (κ1) is 76.1. The van der Waals surface area contributed by atoms with Crippen LogP contribution in [0.2, 0.25) is 0 Å². The van der Waals surface area contributed by atoms with E-state index in [-0.39, 0.29) is 114 Å². The molecule has 0 bridgehead atoms. The van der Waals surface area contributed by atoms with Crippen molar-refractivity contribution in [3.05, 3.63) is 36.5 Å². The highest BCUT2D eigenvalue weighted by Crippen LogP contribution is 2.12. The number of ketones is 2. The van der Waals surface area contributed by atoms with Crippen LogP contribution in [0.3, 0.4) is 0 Å². The Hall–Kier alpha value is -8.87. The van der Waals surface area contributed by atoms with Gasteiger partial charge in [0, 0.05) is 127 Å². The number of nitrogens with one attached hydrogen (secondary N) is 6. The molecule has 3 aliphatic rings. The van der Waals surface area contributed by atoms with Gasteiger partial charge in [-0.1, -0.05) is 0 Å². The second-order valence-electron chi connectivity index (χ2n) is 21.8. The molecule has 482 valence electrons. The molecule has 0 spiro atoms. The molecular formula is C56H83N11O20. The molecular weight excluding hydrogens is 1150 g/mol. The van der Waals surface area contributed by atoms with Crippen LogP contribution in [0.4, 0.5) is 0 Å². The summed E-state index contributed by atoms with van der Waals surface area (Å²) in [6.07, 6.45) is 7.76. The topological polar surface area (TPSA) is 463 Å². The molecule has 4 atom stereocenters. The second kappa shape index (κ2) is 38.2. The minimum absolute atomic E-state index is 0.0163. The number of amides is 12. The first-order valence-corrected chi connectivity index (χ1v) is 28.0. The Bertz CT molecular complexity index is 2600. The lowest BCUT2D eigenvalue weighted by molar-refractivity contribution is -0.156. The zero-order valence-electron chi connectivity index (χ0n) is 50.4. The molecule has 0 fully saturated rings. The van der Waals surface area contributed by atoms with E-state index in [1.165, 1.54) is 26.0 Å². The van der Waals surface area contributed by atoms with Crippen LogP contribution in [0.5, 0.6) is 0 Å². The molecule has 0 unspecified atom stereocenters. The van der Waals surface area contributed by atoms with Gasteiger partial charge in [-0.15, -0.1) is 0 Å². The number of aliphatic carboxylic acids is 1. The molecule has 87 heavy (non-hydrogen) atoms. The lowest BCUT2D eigenvalue weighted by atomic mass is 10.0. The van der Waals surface area contributed by atoms with E-state index in [2.05, 4.69) is 31.9 Å². The maximum Gasteiger partial charge on any atom is 0.306 e. The van der Waals surface area contributed by atoms with Crippen LogP contribution in [0, 0.1) is 0 Å². The summed E-state index contributed by atoms with van der Waals surface area (Å²) < 4.78 is 10.4. The number of imide groups is 3. The van der Waals surface area contributed by atoms with E-state index in [4.69, 9.17) is 26.0 Å². The quantitative estimate of drug-likeness (QED) is 0.0182. The van der Waals surface area contributed by atoms with Crippen LogP contribution >= 0.6 is 0 Å². The van der Waals surface area contributed by atoms with Crippen molar-refractivity contribution in [1.29, 1.82) is 0 Å². The summed E-state index contributed by atoms with van der Waals surface area (Å²) in [7, 11) is 0. The maximum atomic E-state index is 13.5. The van der Waals surface area contributed by atoms with Gasteiger partial charge in [-0.2, -0.15) is 0 Å². The van der Waals surface area contributed by atoms with Crippen LogP contribution in [-0.2, 0) is 91.0 Å². The highest BCUT2D eigenvalue weighted by molar-refractivity contribution is 6.14. The van der Waals surface area contributed by atoms with Gasteiger partial charge in [0.1, 0.15) is 46.9 Å². The molecule has 0 aliphatic carbocycles. The molecule has 0 aromatic heterocycles. The molecule has 12 amide bonds. The van der Waals surface area contributed by atoms with Gasteiger partial charge < -0.3 is 67.5 Å². The van der Waals surface area contributed by atoms with Gasteiger partial charge in [-0.25, -0.2) is 0 Å². The van der Waals surface area contributed by atoms with E-state index in [1.807, 2.05) is 0 Å². The van der Waals surface area contributed by atoms with E-state index in [0.29, 0.717) is 25.7 Å². The largest absolute Gasteiger partial charge is 0.481 e. The molecule has 3 rings (SSSR count). The number of carbonyl (C=O) groups excluding carboxylic acids is 16. The average molecular weight is 1230 g/mol. The number of esters is 2. The molecule has 0 aromatic carbocycles. The van der Waals surface area contributed by atoms with Gasteiger partial charge in [-0.05, 0) is 87.5 Å². The lowest BCUT2D eigenvalue weighted by Crippen LogP contribution is -2.64. The number of nitrogens with two attached hydrogens (primary N) is 2. The monoisotopic (exact) mass is 1230 g/mol. The third-order valence-corrected chi connectivity index (χ3v) is 11.7. The number of carbonyl (C=O) groups is 17. The third kappa shape index (κ3) is 32.3. The molecule has 31 nitrogen and oxygen atoms in total. The van der Waals surface area contributed by atoms with E-state index in [9.17, 15) is 81.5 Å². The third-order valence-electron chi connectivity index (χ3n) is 11.7. The van der Waals surface area contributed by atoms with Crippen molar-refractivity contribution in [2.75, 3.05) is 45.8 Å². The van der Waals surface area contributed by atoms with Crippen LogP contribution in [0.15, 0.2) is 36.5 Å². The summed E-state index contributed by atoms with van der Waals surface area (Å²) in [4.78, 5) is 205. The Morgan fingerprint density at radius 3 is 0.977 bits per heavy atom. The Balaban J connectivity index is 0.000000801. The fourth-order valence-electron chi connectivity index (χ4n) is 7.41. The highest BCUT2D eigenvalue weighted by Gasteiger charge is 2.37. The van der Waals surface area contributed by atoms with Crippen molar-refractivity contribution >= 4 is 100 Å². The van der Waals surface area contributed by atoms with Crippen LogP contribution in [0.1, 0.15) is 132 Å². The van der Waals surface area contributed by atoms with E-state index in [0.717, 1.165) is 39.0 Å². The number of ether oxygens (including phenoxy) is 2. The predicted molar refractivity (Wildman–Crippen MR) is 306 cm³/mol. The number of carboxylic acid groups (broad SMARTS) is 1. The molecule has 3 heterocycles. The van der Waals surface area contributed by atoms with Crippen LogP contribution in [-0.4, -0.2) is 201 Å². The Kier molecular flexibility index (Phi) is 33.5. The molecule has 11 N–H and O–H groups in total. The van der Waals surface area contributed by atoms with Crippen molar-refractivity contribution in [3.63, 3.8) is 0 Å². The Morgan fingerprint density at radius 1 is 0.425 bits per heavy atom. The number of hydrogen-bond acceptors (Lipinski definition) is 21. The molecule has 0 saturated heterocycles. The SMILES string of the molecule is CC(=O)CCCNC(=O)[C@H](N)[C@H](N)C(=O)NCCCC(=O)OC(C)(C)C.CC(=O)CCCNC(=O)[C@H](NC(=O)CCN1C(=O)C=CC1=O)[C@H](NC(=O)CCN1C(=O)C=CC1=O)C(=O)NCCCC(=O)OC(C)(C)C.O=C(O)CCCN1C(=O)C=CC1=O. The first-order chi connectivity index (χ1) is 40.5. The second-order valence-corrected chi connectivity index (χ2v) is 21.8. The summed E-state index contributed by atoms with van der Waals surface area (Å²) in [5, 5.41) is 23.2. The van der Waals surface area contributed by atoms with Crippen molar-refractivity contribution in [1.82, 2.24) is 46.6 Å². The van der Waals surface area contributed by atoms with Gasteiger partial charge in [0.2, 0.25) is 35.4 Å². The minimum atomic E-state index is -1.74. The van der Waals surface area contributed by atoms with Gasteiger partial charge in [0.15, 0.2) is 0 Å². The number of rotatable bonds is 34. The molecule has 0 aromatic rings. The number of carboxylic acids is 1. The zero-order chi connectivity index (χ0) is 66.2. The zero-order valence-corrected chi connectivity index (χ0v) is 50.4. The predicted octanol–water partition coefficient (Wildman–Crippen LogP) is -2.55. The van der Waals surface area contributed by atoms with E-state index in [1.54, 1.807) is 41.5 Å². The fourth-order valence-corrected chi connectivity index (χ4v) is 7.41. The lowest BCUT2D eigenvalue weighted by Gasteiger charge is -2.28.